The maximum atomic E-state index is 13.9. The molecular weight excluding hydrogens is 303 g/mol. The van der Waals surface area contributed by atoms with E-state index in [-0.39, 0.29) is 22.9 Å². The zero-order valence-electron chi connectivity index (χ0n) is 11.0. The Hall–Kier alpha value is -1.53. The van der Waals surface area contributed by atoms with Crippen LogP contribution in [0.5, 0.6) is 0 Å². The summed E-state index contributed by atoms with van der Waals surface area (Å²) in [7, 11) is 0. The molecule has 0 bridgehead atoms. The van der Waals surface area contributed by atoms with Gasteiger partial charge in [0.15, 0.2) is 0 Å². The zero-order valence-corrected chi connectivity index (χ0v) is 11.7. The Morgan fingerprint density at radius 2 is 2.14 bits per heavy atom. The van der Waals surface area contributed by atoms with Crippen LogP contribution in [0.1, 0.15) is 30.5 Å². The molecule has 21 heavy (non-hydrogen) atoms. The Kier molecular flexibility index (Phi) is 3.91. The smallest absolute Gasteiger partial charge is 0.280 e. The molecular formula is C14H13ClF3N3. The Labute approximate surface area is 124 Å². The number of hydrogen-bond donors (Lipinski definition) is 1. The average Bonchev–Trinajstić information content (AvgIpc) is 3.16. The minimum absolute atomic E-state index is 0.0432. The van der Waals surface area contributed by atoms with E-state index in [1.807, 2.05) is 0 Å². The molecule has 1 heterocycles. The van der Waals surface area contributed by atoms with Crippen molar-refractivity contribution in [2.75, 3.05) is 0 Å². The highest BCUT2D eigenvalue weighted by Gasteiger charge is 2.26. The third-order valence-electron chi connectivity index (χ3n) is 3.40. The second-order valence-electron chi connectivity index (χ2n) is 4.99. The highest BCUT2D eigenvalue weighted by molar-refractivity contribution is 6.32. The molecule has 2 aromatic rings. The molecule has 1 aliphatic rings. The van der Waals surface area contributed by atoms with Gasteiger partial charge >= 0.3 is 0 Å². The van der Waals surface area contributed by atoms with E-state index in [2.05, 4.69) is 10.4 Å². The van der Waals surface area contributed by atoms with Gasteiger partial charge in [-0.2, -0.15) is 5.10 Å². The molecule has 1 fully saturated rings. The third kappa shape index (κ3) is 2.91. The summed E-state index contributed by atoms with van der Waals surface area (Å²) in [6, 6.07) is 4.41. The van der Waals surface area contributed by atoms with Gasteiger partial charge in [-0.3, -0.25) is 0 Å². The summed E-state index contributed by atoms with van der Waals surface area (Å²) in [6.07, 6.45) is 0.674. The number of rotatable bonds is 5. The first-order valence-electron chi connectivity index (χ1n) is 6.60. The average molecular weight is 316 g/mol. The number of aromatic nitrogens is 2. The lowest BCUT2D eigenvalue weighted by atomic mass is 10.2. The Morgan fingerprint density at radius 3 is 2.76 bits per heavy atom. The number of alkyl halides is 2. The van der Waals surface area contributed by atoms with E-state index >= 15 is 0 Å². The molecule has 1 aliphatic carbocycles. The molecule has 0 atom stereocenters. The molecule has 1 saturated carbocycles. The summed E-state index contributed by atoms with van der Waals surface area (Å²) >= 11 is 5.93. The lowest BCUT2D eigenvalue weighted by Gasteiger charge is -2.11. The summed E-state index contributed by atoms with van der Waals surface area (Å²) in [4.78, 5) is 0. The van der Waals surface area contributed by atoms with Gasteiger partial charge in [0.05, 0.1) is 11.2 Å². The van der Waals surface area contributed by atoms with Crippen molar-refractivity contribution in [2.45, 2.75) is 31.9 Å². The first-order chi connectivity index (χ1) is 10.1. The minimum Gasteiger partial charge on any atom is -0.310 e. The summed E-state index contributed by atoms with van der Waals surface area (Å²) < 4.78 is 41.5. The third-order valence-corrected chi connectivity index (χ3v) is 3.71. The molecule has 1 N–H and O–H groups in total. The SMILES string of the molecule is Fc1cccc(Cl)c1-n1ncc(CNC2CC2)c1C(F)F. The molecule has 0 aliphatic heterocycles. The van der Waals surface area contributed by atoms with E-state index < -0.39 is 12.2 Å². The number of nitrogens with one attached hydrogen (secondary N) is 1. The number of para-hydroxylation sites is 1. The lowest BCUT2D eigenvalue weighted by Crippen LogP contribution is -2.17. The van der Waals surface area contributed by atoms with Gasteiger partial charge in [0.1, 0.15) is 17.2 Å². The number of hydrogen-bond acceptors (Lipinski definition) is 2. The van der Waals surface area contributed by atoms with Gasteiger partial charge < -0.3 is 5.32 Å². The number of halogens is 4. The molecule has 0 spiro atoms. The fourth-order valence-electron chi connectivity index (χ4n) is 2.17. The fourth-order valence-corrected chi connectivity index (χ4v) is 2.41. The predicted octanol–water partition coefficient (Wildman–Crippen LogP) is 3.85. The van der Waals surface area contributed by atoms with E-state index in [0.29, 0.717) is 11.6 Å². The lowest BCUT2D eigenvalue weighted by molar-refractivity contribution is 0.141. The molecule has 1 aromatic heterocycles. The Morgan fingerprint density at radius 1 is 1.38 bits per heavy atom. The normalized spacial score (nSPS) is 14.9. The molecule has 0 unspecified atom stereocenters. The van der Waals surface area contributed by atoms with Crippen LogP contribution >= 0.6 is 11.6 Å². The van der Waals surface area contributed by atoms with Crippen molar-refractivity contribution in [3.05, 3.63) is 46.5 Å². The van der Waals surface area contributed by atoms with Crippen molar-refractivity contribution >= 4 is 11.6 Å². The van der Waals surface area contributed by atoms with Crippen LogP contribution in [-0.2, 0) is 6.54 Å². The molecule has 7 heteroatoms. The van der Waals surface area contributed by atoms with E-state index in [1.54, 1.807) is 0 Å². The highest BCUT2D eigenvalue weighted by atomic mass is 35.5. The summed E-state index contributed by atoms with van der Waals surface area (Å²) in [5.41, 5.74) is -0.112. The van der Waals surface area contributed by atoms with Crippen molar-refractivity contribution in [1.29, 1.82) is 0 Å². The minimum atomic E-state index is -2.76. The Bertz CT molecular complexity index is 633. The molecule has 0 amide bonds. The molecule has 112 valence electrons. The maximum Gasteiger partial charge on any atom is 0.280 e. The molecule has 0 radical (unpaired) electrons. The summed E-state index contributed by atoms with van der Waals surface area (Å²) in [5.74, 6) is -0.686. The van der Waals surface area contributed by atoms with Crippen molar-refractivity contribution in [2.24, 2.45) is 0 Å². The van der Waals surface area contributed by atoms with Crippen LogP contribution < -0.4 is 5.32 Å². The molecule has 3 rings (SSSR count). The van der Waals surface area contributed by atoms with E-state index in [0.717, 1.165) is 17.5 Å². The summed E-state index contributed by atoms with van der Waals surface area (Å²) in [6.45, 7) is 0.288. The van der Waals surface area contributed by atoms with Crippen LogP contribution in [0.15, 0.2) is 24.4 Å². The van der Waals surface area contributed by atoms with Gasteiger partial charge in [-0.1, -0.05) is 17.7 Å². The van der Waals surface area contributed by atoms with E-state index in [1.165, 1.54) is 24.4 Å². The second kappa shape index (κ2) is 5.69. The van der Waals surface area contributed by atoms with Gasteiger partial charge in [-0.25, -0.2) is 17.9 Å². The monoisotopic (exact) mass is 315 g/mol. The number of benzene rings is 1. The van der Waals surface area contributed by atoms with Gasteiger partial charge in [0, 0.05) is 18.2 Å². The van der Waals surface area contributed by atoms with Crippen molar-refractivity contribution in [3.8, 4) is 5.69 Å². The van der Waals surface area contributed by atoms with Gasteiger partial charge in [-0.05, 0) is 25.0 Å². The molecule has 1 aromatic carbocycles. The van der Waals surface area contributed by atoms with Crippen LogP contribution in [0, 0.1) is 5.82 Å². The highest BCUT2D eigenvalue weighted by Crippen LogP contribution is 2.31. The quantitative estimate of drug-likeness (QED) is 0.908. The van der Waals surface area contributed by atoms with Crippen molar-refractivity contribution in [1.82, 2.24) is 15.1 Å². The fraction of sp³-hybridized carbons (Fsp3) is 0.357. The van der Waals surface area contributed by atoms with Crippen molar-refractivity contribution in [3.63, 3.8) is 0 Å². The van der Waals surface area contributed by atoms with Crippen molar-refractivity contribution < 1.29 is 13.2 Å². The molecule has 0 saturated heterocycles. The van der Waals surface area contributed by atoms with E-state index in [4.69, 9.17) is 11.6 Å². The van der Waals surface area contributed by atoms with Crippen LogP contribution in [0.25, 0.3) is 5.69 Å². The van der Waals surface area contributed by atoms with Crippen LogP contribution in [0.3, 0.4) is 0 Å². The van der Waals surface area contributed by atoms with Crippen LogP contribution in [0.4, 0.5) is 13.2 Å². The largest absolute Gasteiger partial charge is 0.310 e. The van der Waals surface area contributed by atoms with Crippen LogP contribution in [-0.4, -0.2) is 15.8 Å². The Balaban J connectivity index is 2.01. The standard InChI is InChI=1S/C14H13ClF3N3/c15-10-2-1-3-11(16)13(10)21-12(14(17)18)8(7-20-21)6-19-9-4-5-9/h1-3,7,9,14,19H,4-6H2. The first-order valence-corrected chi connectivity index (χ1v) is 6.98. The molecule has 3 nitrogen and oxygen atoms in total. The summed E-state index contributed by atoms with van der Waals surface area (Å²) in [5, 5.41) is 7.09. The van der Waals surface area contributed by atoms with Gasteiger partial charge in [0.25, 0.3) is 6.43 Å². The van der Waals surface area contributed by atoms with Crippen LogP contribution in [0.2, 0.25) is 5.02 Å². The number of nitrogens with zero attached hydrogens (tertiary/aromatic N) is 2. The van der Waals surface area contributed by atoms with Gasteiger partial charge in [-0.15, -0.1) is 0 Å². The second-order valence-corrected chi connectivity index (χ2v) is 5.40. The predicted molar refractivity (Wildman–Crippen MR) is 73.4 cm³/mol. The topological polar surface area (TPSA) is 29.9 Å². The van der Waals surface area contributed by atoms with Gasteiger partial charge in [0.2, 0.25) is 0 Å². The van der Waals surface area contributed by atoms with E-state index in [9.17, 15) is 13.2 Å². The first kappa shape index (κ1) is 14.4. The maximum absolute atomic E-state index is 13.9. The zero-order chi connectivity index (χ0) is 15.0.